The molecule has 0 aliphatic rings. The Morgan fingerprint density at radius 1 is 1.21 bits per heavy atom. The maximum absolute atomic E-state index is 11.9. The average Bonchev–Trinajstić information content (AvgIpc) is 2.95. The highest BCUT2D eigenvalue weighted by atomic mass is 79.9. The lowest BCUT2D eigenvalue weighted by atomic mass is 10.2. The van der Waals surface area contributed by atoms with Gasteiger partial charge in [0.05, 0.1) is 5.69 Å². The van der Waals surface area contributed by atoms with Crippen LogP contribution in [0.3, 0.4) is 0 Å². The van der Waals surface area contributed by atoms with E-state index in [0.717, 1.165) is 0 Å². The number of carbonyl (C=O) groups is 1. The highest BCUT2D eigenvalue weighted by molar-refractivity contribution is 9.10. The molecule has 6 nitrogen and oxygen atoms in total. The highest BCUT2D eigenvalue weighted by Crippen LogP contribution is 2.21. The average molecular weight is 323 g/mol. The maximum Gasteiger partial charge on any atom is 0.417 e. The molecule has 2 heterocycles. The van der Waals surface area contributed by atoms with Crippen LogP contribution in [0.15, 0.2) is 48.6 Å². The van der Waals surface area contributed by atoms with E-state index in [9.17, 15) is 9.59 Å². The first-order valence-corrected chi connectivity index (χ1v) is 6.11. The molecule has 3 rings (SSSR count). The number of carbonyl (C=O) groups excluding carboxylic acids is 1. The number of oxazole rings is 1. The van der Waals surface area contributed by atoms with Crippen molar-refractivity contribution in [2.24, 2.45) is 0 Å². The number of aromatic nitrogens is 1. The van der Waals surface area contributed by atoms with Crippen molar-refractivity contribution in [2.45, 2.75) is 0 Å². The van der Waals surface area contributed by atoms with Crippen LogP contribution in [0, 0.1) is 0 Å². The third-order valence-electron chi connectivity index (χ3n) is 2.50. The summed E-state index contributed by atoms with van der Waals surface area (Å²) in [5.74, 6) is -0.826. The Morgan fingerprint density at radius 2 is 2.05 bits per heavy atom. The Hall–Kier alpha value is -2.28. The van der Waals surface area contributed by atoms with Crippen molar-refractivity contribution in [1.29, 1.82) is 0 Å². The van der Waals surface area contributed by atoms with Gasteiger partial charge in [-0.25, -0.2) is 4.79 Å². The van der Waals surface area contributed by atoms with Gasteiger partial charge in [-0.1, -0.05) is 6.07 Å². The standard InChI is InChI=1S/C12H7BrN2O4/c13-9-5-4-8(18-9)11(16)14-6-2-1-3-7-10(6)15-12(17)19-7/h1-5H,(H,14,16)(H,15,17). The first-order chi connectivity index (χ1) is 9.13. The molecule has 1 aromatic carbocycles. The van der Waals surface area contributed by atoms with E-state index in [1.165, 1.54) is 6.07 Å². The summed E-state index contributed by atoms with van der Waals surface area (Å²) in [4.78, 5) is 25.6. The molecule has 0 spiro atoms. The second-order valence-electron chi connectivity index (χ2n) is 3.75. The van der Waals surface area contributed by atoms with E-state index in [0.29, 0.717) is 21.5 Å². The lowest BCUT2D eigenvalue weighted by molar-refractivity contribution is 0.0995. The van der Waals surface area contributed by atoms with Crippen molar-refractivity contribution >= 4 is 38.6 Å². The van der Waals surface area contributed by atoms with Gasteiger partial charge in [-0.05, 0) is 40.2 Å². The number of nitrogens with one attached hydrogen (secondary N) is 2. The summed E-state index contributed by atoms with van der Waals surface area (Å²) in [5.41, 5.74) is 1.26. The van der Waals surface area contributed by atoms with E-state index in [1.807, 2.05) is 0 Å². The van der Waals surface area contributed by atoms with Gasteiger partial charge in [-0.15, -0.1) is 0 Å². The molecule has 0 bridgehead atoms. The summed E-state index contributed by atoms with van der Waals surface area (Å²) >= 11 is 3.12. The van der Waals surface area contributed by atoms with Gasteiger partial charge in [0, 0.05) is 0 Å². The minimum Gasteiger partial charge on any atom is -0.444 e. The molecule has 3 aromatic rings. The van der Waals surface area contributed by atoms with Gasteiger partial charge in [-0.3, -0.25) is 9.78 Å². The second kappa shape index (κ2) is 4.43. The fourth-order valence-corrected chi connectivity index (χ4v) is 2.00. The summed E-state index contributed by atoms with van der Waals surface area (Å²) in [6, 6.07) is 8.12. The van der Waals surface area contributed by atoms with Crippen LogP contribution in [0.25, 0.3) is 11.1 Å². The van der Waals surface area contributed by atoms with E-state index in [4.69, 9.17) is 8.83 Å². The minimum atomic E-state index is -0.572. The van der Waals surface area contributed by atoms with Crippen LogP contribution in [0.5, 0.6) is 0 Å². The van der Waals surface area contributed by atoms with Crippen molar-refractivity contribution in [3.05, 3.63) is 51.3 Å². The Kier molecular flexibility index (Phi) is 2.75. The Morgan fingerprint density at radius 3 is 2.79 bits per heavy atom. The Balaban J connectivity index is 1.97. The van der Waals surface area contributed by atoms with E-state index in [2.05, 4.69) is 26.2 Å². The van der Waals surface area contributed by atoms with Gasteiger partial charge in [0.15, 0.2) is 16.0 Å². The number of fused-ring (bicyclic) bond motifs is 1. The Bertz CT molecular complexity index is 814. The molecule has 0 unspecified atom stereocenters. The van der Waals surface area contributed by atoms with Crippen LogP contribution in [0.4, 0.5) is 5.69 Å². The molecule has 2 aromatic heterocycles. The summed E-state index contributed by atoms with van der Waals surface area (Å²) < 4.78 is 10.5. The van der Waals surface area contributed by atoms with Crippen LogP contribution < -0.4 is 11.1 Å². The normalized spacial score (nSPS) is 10.8. The van der Waals surface area contributed by atoms with E-state index in [1.54, 1.807) is 24.3 Å². The van der Waals surface area contributed by atoms with E-state index >= 15 is 0 Å². The molecule has 0 fully saturated rings. The molecular weight excluding hydrogens is 316 g/mol. The number of halogens is 1. The fraction of sp³-hybridized carbons (Fsp3) is 0. The predicted molar refractivity (Wildman–Crippen MR) is 71.2 cm³/mol. The third kappa shape index (κ3) is 2.19. The first kappa shape index (κ1) is 11.8. The maximum atomic E-state index is 11.9. The number of rotatable bonds is 2. The molecule has 2 N–H and O–H groups in total. The van der Waals surface area contributed by atoms with Crippen LogP contribution in [-0.4, -0.2) is 10.9 Å². The van der Waals surface area contributed by atoms with Crippen LogP contribution in [0.1, 0.15) is 10.6 Å². The smallest absolute Gasteiger partial charge is 0.417 e. The third-order valence-corrected chi connectivity index (χ3v) is 2.93. The zero-order valence-corrected chi connectivity index (χ0v) is 11.0. The lowest BCUT2D eigenvalue weighted by Gasteiger charge is -2.03. The quantitative estimate of drug-likeness (QED) is 0.759. The molecule has 96 valence electrons. The van der Waals surface area contributed by atoms with Crippen molar-refractivity contribution in [3.8, 4) is 0 Å². The molecule has 7 heteroatoms. The predicted octanol–water partition coefficient (Wildman–Crippen LogP) is 2.73. The molecule has 0 aliphatic heterocycles. The zero-order valence-electron chi connectivity index (χ0n) is 9.40. The SMILES string of the molecule is O=C(Nc1cccc2oc(=O)[nH]c12)c1ccc(Br)o1. The van der Waals surface area contributed by atoms with Crippen molar-refractivity contribution in [3.63, 3.8) is 0 Å². The van der Waals surface area contributed by atoms with E-state index in [-0.39, 0.29) is 5.76 Å². The number of benzene rings is 1. The highest BCUT2D eigenvalue weighted by Gasteiger charge is 2.13. The van der Waals surface area contributed by atoms with Crippen LogP contribution in [0.2, 0.25) is 0 Å². The summed E-state index contributed by atoms with van der Waals surface area (Å²) in [6.45, 7) is 0. The van der Waals surface area contributed by atoms with Gasteiger partial charge in [0.2, 0.25) is 0 Å². The fourth-order valence-electron chi connectivity index (χ4n) is 1.70. The molecule has 0 saturated heterocycles. The van der Waals surface area contributed by atoms with Crippen LogP contribution in [-0.2, 0) is 0 Å². The molecule has 1 amide bonds. The molecule has 0 saturated carbocycles. The molecule has 0 aliphatic carbocycles. The second-order valence-corrected chi connectivity index (χ2v) is 4.53. The number of para-hydroxylation sites is 1. The van der Waals surface area contributed by atoms with Crippen molar-refractivity contribution < 1.29 is 13.6 Å². The number of H-pyrrole nitrogens is 1. The largest absolute Gasteiger partial charge is 0.444 e. The van der Waals surface area contributed by atoms with Gasteiger partial charge >= 0.3 is 5.76 Å². The van der Waals surface area contributed by atoms with Gasteiger partial charge in [0.25, 0.3) is 5.91 Å². The minimum absolute atomic E-state index is 0.162. The summed E-state index contributed by atoms with van der Waals surface area (Å²) in [5, 5.41) is 2.64. The molecule has 0 atom stereocenters. The van der Waals surface area contributed by atoms with E-state index < -0.39 is 11.7 Å². The van der Waals surface area contributed by atoms with Gasteiger partial charge in [0.1, 0.15) is 5.52 Å². The lowest BCUT2D eigenvalue weighted by Crippen LogP contribution is -2.11. The number of aromatic amines is 1. The summed E-state index contributed by atoms with van der Waals surface area (Å²) in [7, 11) is 0. The number of anilines is 1. The molecule has 0 radical (unpaired) electrons. The number of hydrogen-bond donors (Lipinski definition) is 2. The monoisotopic (exact) mass is 322 g/mol. The zero-order chi connectivity index (χ0) is 13.4. The van der Waals surface area contributed by atoms with Crippen molar-refractivity contribution in [1.82, 2.24) is 4.98 Å². The number of hydrogen-bond acceptors (Lipinski definition) is 4. The Labute approximate surface area is 114 Å². The van der Waals surface area contributed by atoms with Crippen molar-refractivity contribution in [2.75, 3.05) is 5.32 Å². The molecule has 19 heavy (non-hydrogen) atoms. The van der Waals surface area contributed by atoms with Crippen LogP contribution >= 0.6 is 15.9 Å². The first-order valence-electron chi connectivity index (χ1n) is 5.32. The topological polar surface area (TPSA) is 88.2 Å². The number of furan rings is 1. The van der Waals surface area contributed by atoms with Gasteiger partial charge in [-0.2, -0.15) is 0 Å². The number of amides is 1. The van der Waals surface area contributed by atoms with Gasteiger partial charge < -0.3 is 14.2 Å². The summed E-state index contributed by atoms with van der Waals surface area (Å²) in [6.07, 6.45) is 0. The molecular formula is C12H7BrN2O4.